The van der Waals surface area contributed by atoms with Gasteiger partial charge in [0.2, 0.25) is 5.91 Å². The summed E-state index contributed by atoms with van der Waals surface area (Å²) < 4.78 is 8.35. The highest BCUT2D eigenvalue weighted by Gasteiger charge is 2.20. The van der Waals surface area contributed by atoms with Crippen molar-refractivity contribution in [2.75, 3.05) is 17.7 Å². The molecule has 0 atom stereocenters. The summed E-state index contributed by atoms with van der Waals surface area (Å²) in [4.78, 5) is 26.0. The maximum absolute atomic E-state index is 12.7. The molecule has 4 rings (SSSR count). The summed E-state index contributed by atoms with van der Waals surface area (Å²) >= 11 is 4.41. The number of carbonyl (C=O) groups is 2. The zero-order chi connectivity index (χ0) is 23.4. The predicted molar refractivity (Wildman–Crippen MR) is 136 cm³/mol. The molecule has 172 valence electrons. The number of benzene rings is 1. The van der Waals surface area contributed by atoms with Gasteiger partial charge in [-0.05, 0) is 32.4 Å². The van der Waals surface area contributed by atoms with Gasteiger partial charge in [0.05, 0.1) is 17.9 Å². The van der Waals surface area contributed by atoms with Gasteiger partial charge < -0.3 is 14.6 Å². The van der Waals surface area contributed by atoms with E-state index in [2.05, 4.69) is 33.0 Å². The van der Waals surface area contributed by atoms with Crippen LogP contribution >= 0.6 is 34.4 Å². The van der Waals surface area contributed by atoms with E-state index in [-0.39, 0.29) is 18.3 Å². The fourth-order valence-electron chi connectivity index (χ4n) is 3.39. The lowest BCUT2D eigenvalue weighted by Gasteiger charge is -2.08. The molecule has 1 aromatic carbocycles. The van der Waals surface area contributed by atoms with Gasteiger partial charge in [-0.2, -0.15) is 0 Å². The summed E-state index contributed by atoms with van der Waals surface area (Å²) in [5, 5.41) is 16.1. The molecule has 0 bridgehead atoms. The fraction of sp³-hybridized carbons (Fsp3) is 0.304. The van der Waals surface area contributed by atoms with E-state index in [0.717, 1.165) is 28.1 Å². The van der Waals surface area contributed by atoms with Crippen molar-refractivity contribution in [2.45, 2.75) is 38.9 Å². The minimum Gasteiger partial charge on any atom is -0.462 e. The molecule has 3 aromatic heterocycles. The molecular weight excluding hydrogens is 476 g/mol. The summed E-state index contributed by atoms with van der Waals surface area (Å²) in [5.74, 6) is 0.329. The SMILES string of the molecule is CCOC(=O)c1cc(CC)sc1NC(=O)CSc1nnc(-c2csc3ccccc23)n1CC. The number of aromatic nitrogens is 3. The van der Waals surface area contributed by atoms with Gasteiger partial charge in [0.15, 0.2) is 11.0 Å². The maximum atomic E-state index is 12.7. The predicted octanol–water partition coefficient (Wildman–Crippen LogP) is 5.71. The fourth-order valence-corrected chi connectivity index (χ4v) is 6.14. The molecule has 0 spiro atoms. The summed E-state index contributed by atoms with van der Waals surface area (Å²) in [6.45, 7) is 6.78. The topological polar surface area (TPSA) is 86.1 Å². The number of esters is 1. The Kier molecular flexibility index (Phi) is 7.46. The quantitative estimate of drug-likeness (QED) is 0.234. The summed E-state index contributed by atoms with van der Waals surface area (Å²) in [7, 11) is 0. The lowest BCUT2D eigenvalue weighted by Crippen LogP contribution is -2.16. The molecule has 7 nitrogen and oxygen atoms in total. The highest BCUT2D eigenvalue weighted by Crippen LogP contribution is 2.34. The first kappa shape index (κ1) is 23.5. The monoisotopic (exact) mass is 500 g/mol. The zero-order valence-electron chi connectivity index (χ0n) is 18.6. The van der Waals surface area contributed by atoms with Crippen LogP contribution in [0.15, 0.2) is 40.9 Å². The van der Waals surface area contributed by atoms with Crippen LogP contribution in [0.25, 0.3) is 21.5 Å². The Morgan fingerprint density at radius 1 is 1.18 bits per heavy atom. The third-order valence-corrected chi connectivity index (χ3v) is 8.09. The molecule has 0 saturated carbocycles. The second-order valence-electron chi connectivity index (χ2n) is 7.06. The largest absolute Gasteiger partial charge is 0.462 e. The first-order valence-electron chi connectivity index (χ1n) is 10.7. The number of nitrogens with one attached hydrogen (secondary N) is 1. The number of amides is 1. The van der Waals surface area contributed by atoms with Gasteiger partial charge in [-0.25, -0.2) is 4.79 Å². The van der Waals surface area contributed by atoms with Crippen molar-refractivity contribution >= 4 is 61.4 Å². The number of anilines is 1. The second-order valence-corrected chi connectivity index (χ2v) is 10.1. The van der Waals surface area contributed by atoms with Crippen LogP contribution in [0.1, 0.15) is 36.0 Å². The highest BCUT2D eigenvalue weighted by molar-refractivity contribution is 7.99. The maximum Gasteiger partial charge on any atom is 0.341 e. The highest BCUT2D eigenvalue weighted by atomic mass is 32.2. The third kappa shape index (κ3) is 4.97. The van der Waals surface area contributed by atoms with E-state index < -0.39 is 5.97 Å². The van der Waals surface area contributed by atoms with Gasteiger partial charge in [0, 0.05) is 32.5 Å². The van der Waals surface area contributed by atoms with Crippen LogP contribution in [0.5, 0.6) is 0 Å². The molecule has 0 radical (unpaired) electrons. The number of nitrogens with zero attached hydrogens (tertiary/aromatic N) is 3. The van der Waals surface area contributed by atoms with Crippen molar-refractivity contribution in [3.8, 4) is 11.4 Å². The Morgan fingerprint density at radius 3 is 2.76 bits per heavy atom. The Bertz CT molecular complexity index is 1290. The van der Waals surface area contributed by atoms with E-state index >= 15 is 0 Å². The molecule has 0 unspecified atom stereocenters. The van der Waals surface area contributed by atoms with Crippen LogP contribution in [0.4, 0.5) is 5.00 Å². The van der Waals surface area contributed by atoms with Crippen LogP contribution in [0.3, 0.4) is 0 Å². The smallest absolute Gasteiger partial charge is 0.341 e. The number of fused-ring (bicyclic) bond motifs is 1. The summed E-state index contributed by atoms with van der Waals surface area (Å²) in [6.07, 6.45) is 0.779. The van der Waals surface area contributed by atoms with Gasteiger partial charge in [-0.1, -0.05) is 36.9 Å². The summed E-state index contributed by atoms with van der Waals surface area (Å²) in [5.41, 5.74) is 1.45. The normalized spacial score (nSPS) is 11.1. The Labute approximate surface area is 204 Å². The van der Waals surface area contributed by atoms with Gasteiger partial charge in [-0.3, -0.25) is 4.79 Å². The van der Waals surface area contributed by atoms with Crippen molar-refractivity contribution in [3.05, 3.63) is 46.2 Å². The van der Waals surface area contributed by atoms with Crippen LogP contribution in [-0.4, -0.2) is 39.0 Å². The Balaban J connectivity index is 1.49. The van der Waals surface area contributed by atoms with Crippen LogP contribution in [0.2, 0.25) is 0 Å². The average Bonchev–Trinajstić information content (AvgIpc) is 3.53. The van der Waals surface area contributed by atoms with Crippen LogP contribution in [0, 0.1) is 0 Å². The van der Waals surface area contributed by atoms with E-state index in [1.165, 1.54) is 27.8 Å². The molecule has 0 fully saturated rings. The van der Waals surface area contributed by atoms with E-state index in [9.17, 15) is 9.59 Å². The molecule has 3 heterocycles. The molecule has 0 aliphatic carbocycles. The molecular formula is C23H24N4O3S3. The van der Waals surface area contributed by atoms with Gasteiger partial charge >= 0.3 is 5.97 Å². The standard InChI is InChI=1S/C23H24N4O3S3/c1-4-14-11-16(22(29)30-6-3)21(33-14)24-19(28)13-32-23-26-25-20(27(23)5-2)17-12-31-18-10-8-7-9-15(17)18/h7-12H,4-6,13H2,1-3H3,(H,24,28). The van der Waals surface area contributed by atoms with E-state index in [1.54, 1.807) is 24.3 Å². The molecule has 0 aliphatic heterocycles. The van der Waals surface area contributed by atoms with Crippen molar-refractivity contribution < 1.29 is 14.3 Å². The molecule has 1 N–H and O–H groups in total. The first-order chi connectivity index (χ1) is 16.0. The molecule has 10 heteroatoms. The average molecular weight is 501 g/mol. The number of hydrogen-bond donors (Lipinski definition) is 1. The van der Waals surface area contributed by atoms with E-state index in [1.807, 2.05) is 30.5 Å². The van der Waals surface area contributed by atoms with Crippen molar-refractivity contribution in [3.63, 3.8) is 0 Å². The summed E-state index contributed by atoms with van der Waals surface area (Å²) in [6, 6.07) is 10.0. The molecule has 0 aliphatic rings. The zero-order valence-corrected chi connectivity index (χ0v) is 21.0. The van der Waals surface area contributed by atoms with E-state index in [0.29, 0.717) is 22.3 Å². The number of ether oxygens (including phenoxy) is 1. The van der Waals surface area contributed by atoms with Gasteiger partial charge in [0.1, 0.15) is 5.00 Å². The first-order valence-corrected chi connectivity index (χ1v) is 13.4. The van der Waals surface area contributed by atoms with Crippen molar-refractivity contribution in [1.82, 2.24) is 14.8 Å². The third-order valence-electron chi connectivity index (χ3n) is 4.97. The van der Waals surface area contributed by atoms with Gasteiger partial charge in [0.25, 0.3) is 0 Å². The lowest BCUT2D eigenvalue weighted by molar-refractivity contribution is -0.113. The van der Waals surface area contributed by atoms with Crippen LogP contribution in [-0.2, 0) is 22.5 Å². The minimum absolute atomic E-state index is 0.157. The van der Waals surface area contributed by atoms with Crippen molar-refractivity contribution in [2.24, 2.45) is 0 Å². The van der Waals surface area contributed by atoms with Crippen LogP contribution < -0.4 is 5.32 Å². The number of hydrogen-bond acceptors (Lipinski definition) is 8. The van der Waals surface area contributed by atoms with E-state index in [4.69, 9.17) is 4.74 Å². The second kappa shape index (κ2) is 10.5. The van der Waals surface area contributed by atoms with Gasteiger partial charge in [-0.15, -0.1) is 32.9 Å². The molecule has 1 amide bonds. The number of thioether (sulfide) groups is 1. The van der Waals surface area contributed by atoms with Crippen molar-refractivity contribution in [1.29, 1.82) is 0 Å². The Hall–Kier alpha value is -2.69. The lowest BCUT2D eigenvalue weighted by atomic mass is 10.1. The molecule has 33 heavy (non-hydrogen) atoms. The number of aryl methyl sites for hydroxylation is 1. The number of thiophene rings is 2. The Morgan fingerprint density at radius 2 is 2.00 bits per heavy atom. The minimum atomic E-state index is -0.422. The number of rotatable bonds is 9. The molecule has 0 saturated heterocycles. The number of carbonyl (C=O) groups excluding carboxylic acids is 2. The molecule has 4 aromatic rings.